The molecule has 2 aromatic carbocycles. The maximum atomic E-state index is 6.16. The van der Waals surface area contributed by atoms with E-state index in [-0.39, 0.29) is 0 Å². The van der Waals surface area contributed by atoms with Crippen LogP contribution in [0.3, 0.4) is 0 Å². The summed E-state index contributed by atoms with van der Waals surface area (Å²) in [5.41, 5.74) is 3.99. The van der Waals surface area contributed by atoms with E-state index >= 15 is 0 Å². The summed E-state index contributed by atoms with van der Waals surface area (Å²) in [4.78, 5) is 12.4. The van der Waals surface area contributed by atoms with Gasteiger partial charge < -0.3 is 10.3 Å². The van der Waals surface area contributed by atoms with Crippen LogP contribution in [-0.4, -0.2) is 28.9 Å². The molecule has 0 saturated heterocycles. The first kappa shape index (κ1) is 14.0. The van der Waals surface area contributed by atoms with Crippen molar-refractivity contribution in [2.24, 2.45) is 4.99 Å². The quantitative estimate of drug-likeness (QED) is 0.772. The van der Waals surface area contributed by atoms with Gasteiger partial charge in [0.2, 0.25) is 0 Å². The molecule has 0 fully saturated rings. The maximum Gasteiger partial charge on any atom is 0.131 e. The van der Waals surface area contributed by atoms with E-state index in [1.165, 1.54) is 0 Å². The van der Waals surface area contributed by atoms with Gasteiger partial charge in [-0.2, -0.15) is 0 Å². The predicted molar refractivity (Wildman–Crippen MR) is 95.9 cm³/mol. The second-order valence-electron chi connectivity index (χ2n) is 5.37. The Bertz CT molecular complexity index is 924. The van der Waals surface area contributed by atoms with Gasteiger partial charge in [0.25, 0.3) is 0 Å². The average molecular weight is 323 g/mol. The Kier molecular flexibility index (Phi) is 3.60. The number of nitrogens with zero attached hydrogens (tertiary/aromatic N) is 2. The van der Waals surface area contributed by atoms with Crippen LogP contribution in [0.25, 0.3) is 23.2 Å². The zero-order valence-corrected chi connectivity index (χ0v) is 13.1. The average Bonchev–Trinajstić information content (AvgIpc) is 3.22. The van der Waals surface area contributed by atoms with E-state index in [0.717, 1.165) is 51.9 Å². The number of fused-ring (bicyclic) bond motifs is 1. The van der Waals surface area contributed by atoms with Crippen molar-refractivity contribution >= 4 is 40.6 Å². The Morgan fingerprint density at radius 2 is 2.00 bits per heavy atom. The van der Waals surface area contributed by atoms with Crippen LogP contribution in [0.4, 0.5) is 0 Å². The molecule has 0 amide bonds. The molecule has 0 atom stereocenters. The third kappa shape index (κ3) is 2.85. The molecule has 0 radical (unpaired) electrons. The van der Waals surface area contributed by atoms with Gasteiger partial charge in [0, 0.05) is 17.1 Å². The monoisotopic (exact) mass is 322 g/mol. The molecule has 2 N–H and O–H groups in total. The van der Waals surface area contributed by atoms with Crippen molar-refractivity contribution in [3.63, 3.8) is 0 Å². The van der Waals surface area contributed by atoms with Gasteiger partial charge in [0.15, 0.2) is 0 Å². The molecule has 0 saturated carbocycles. The summed E-state index contributed by atoms with van der Waals surface area (Å²) in [6.45, 7) is 1.74. The molecule has 0 bridgehead atoms. The zero-order chi connectivity index (χ0) is 15.6. The highest BCUT2D eigenvalue weighted by molar-refractivity contribution is 6.32. The van der Waals surface area contributed by atoms with Crippen LogP contribution in [0.1, 0.15) is 17.0 Å². The Morgan fingerprint density at radius 1 is 1.09 bits per heavy atom. The van der Waals surface area contributed by atoms with E-state index in [1.807, 2.05) is 48.6 Å². The SMILES string of the molecule is Clc1ccccc1/C=C/c1nc2ccc(C3=NCCN3)cc2[nH]1. The number of imidazole rings is 1. The Morgan fingerprint density at radius 3 is 2.83 bits per heavy atom. The molecule has 4 rings (SSSR count). The van der Waals surface area contributed by atoms with Crippen LogP contribution in [0.5, 0.6) is 0 Å². The molecule has 5 heteroatoms. The van der Waals surface area contributed by atoms with Crippen LogP contribution >= 0.6 is 11.6 Å². The van der Waals surface area contributed by atoms with E-state index in [2.05, 4.69) is 26.3 Å². The van der Waals surface area contributed by atoms with Gasteiger partial charge in [0.1, 0.15) is 11.7 Å². The summed E-state index contributed by atoms with van der Waals surface area (Å²) in [7, 11) is 0. The molecule has 4 nitrogen and oxygen atoms in total. The van der Waals surface area contributed by atoms with Crippen molar-refractivity contribution in [1.29, 1.82) is 0 Å². The topological polar surface area (TPSA) is 53.1 Å². The second kappa shape index (κ2) is 5.89. The Balaban J connectivity index is 1.65. The smallest absolute Gasteiger partial charge is 0.131 e. The molecule has 23 heavy (non-hydrogen) atoms. The number of halogens is 1. The normalized spacial score (nSPS) is 14.4. The fraction of sp³-hybridized carbons (Fsp3) is 0.111. The highest BCUT2D eigenvalue weighted by Gasteiger charge is 2.09. The molecule has 114 valence electrons. The molecule has 3 aromatic rings. The van der Waals surface area contributed by atoms with Gasteiger partial charge in [-0.15, -0.1) is 0 Å². The molecule has 2 heterocycles. The number of hydrogen-bond donors (Lipinski definition) is 2. The molecular formula is C18H15ClN4. The van der Waals surface area contributed by atoms with Crippen LogP contribution in [0.2, 0.25) is 5.02 Å². The standard InChI is InChI=1S/C18H15ClN4/c19-14-4-2-1-3-12(14)6-8-17-22-15-7-5-13(11-16(15)23-17)18-20-9-10-21-18/h1-8,11H,9-10H2,(H,20,21)(H,22,23)/b8-6+. The number of aromatic amines is 1. The fourth-order valence-electron chi connectivity index (χ4n) is 2.63. The number of nitrogens with one attached hydrogen (secondary N) is 2. The van der Waals surface area contributed by atoms with Gasteiger partial charge in [-0.1, -0.05) is 29.8 Å². The van der Waals surface area contributed by atoms with Gasteiger partial charge in [-0.05, 0) is 42.0 Å². The van der Waals surface area contributed by atoms with E-state index < -0.39 is 0 Å². The highest BCUT2D eigenvalue weighted by atomic mass is 35.5. The lowest BCUT2D eigenvalue weighted by atomic mass is 10.2. The summed E-state index contributed by atoms with van der Waals surface area (Å²) >= 11 is 6.16. The Hall–Kier alpha value is -2.59. The lowest BCUT2D eigenvalue weighted by molar-refractivity contribution is 0.960. The number of benzene rings is 2. The van der Waals surface area contributed by atoms with Crippen molar-refractivity contribution in [3.05, 3.63) is 64.4 Å². The van der Waals surface area contributed by atoms with E-state index in [0.29, 0.717) is 0 Å². The predicted octanol–water partition coefficient (Wildman–Crippen LogP) is 3.74. The lowest BCUT2D eigenvalue weighted by Crippen LogP contribution is -2.19. The van der Waals surface area contributed by atoms with Gasteiger partial charge in [0.05, 0.1) is 17.6 Å². The molecule has 1 aliphatic heterocycles. The molecular weight excluding hydrogens is 308 g/mol. The molecule has 0 spiro atoms. The van der Waals surface area contributed by atoms with E-state index in [1.54, 1.807) is 0 Å². The first-order chi connectivity index (χ1) is 11.3. The van der Waals surface area contributed by atoms with Crippen LogP contribution in [0, 0.1) is 0 Å². The summed E-state index contributed by atoms with van der Waals surface area (Å²) in [6, 6.07) is 13.9. The first-order valence-electron chi connectivity index (χ1n) is 7.51. The summed E-state index contributed by atoms with van der Waals surface area (Å²) in [5, 5.41) is 4.01. The number of amidine groups is 1. The molecule has 1 aromatic heterocycles. The van der Waals surface area contributed by atoms with Gasteiger partial charge in [-0.25, -0.2) is 4.98 Å². The fourth-order valence-corrected chi connectivity index (χ4v) is 2.82. The number of rotatable bonds is 3. The minimum Gasteiger partial charge on any atom is -0.368 e. The molecule has 1 aliphatic rings. The van der Waals surface area contributed by atoms with Crippen molar-refractivity contribution in [2.75, 3.05) is 13.1 Å². The van der Waals surface area contributed by atoms with Gasteiger partial charge in [-0.3, -0.25) is 4.99 Å². The number of H-pyrrole nitrogens is 1. The van der Waals surface area contributed by atoms with Crippen molar-refractivity contribution in [2.45, 2.75) is 0 Å². The maximum absolute atomic E-state index is 6.16. The largest absolute Gasteiger partial charge is 0.368 e. The van der Waals surface area contributed by atoms with Crippen molar-refractivity contribution in [1.82, 2.24) is 15.3 Å². The van der Waals surface area contributed by atoms with Crippen molar-refractivity contribution < 1.29 is 0 Å². The third-order valence-electron chi connectivity index (χ3n) is 3.77. The Labute approximate surface area is 138 Å². The number of aromatic nitrogens is 2. The lowest BCUT2D eigenvalue weighted by Gasteiger charge is -2.01. The third-order valence-corrected chi connectivity index (χ3v) is 4.12. The van der Waals surface area contributed by atoms with Gasteiger partial charge >= 0.3 is 0 Å². The number of hydrogen-bond acceptors (Lipinski definition) is 3. The molecule has 0 aliphatic carbocycles. The summed E-state index contributed by atoms with van der Waals surface area (Å²) in [5.74, 6) is 1.76. The summed E-state index contributed by atoms with van der Waals surface area (Å²) in [6.07, 6.45) is 3.90. The minimum atomic E-state index is 0.729. The van der Waals surface area contributed by atoms with Crippen LogP contribution < -0.4 is 5.32 Å². The first-order valence-corrected chi connectivity index (χ1v) is 7.88. The van der Waals surface area contributed by atoms with Crippen LogP contribution in [0.15, 0.2) is 47.5 Å². The van der Waals surface area contributed by atoms with Crippen LogP contribution in [-0.2, 0) is 0 Å². The zero-order valence-electron chi connectivity index (χ0n) is 12.4. The number of aliphatic imine (C=N–C) groups is 1. The van der Waals surface area contributed by atoms with E-state index in [9.17, 15) is 0 Å². The minimum absolute atomic E-state index is 0.729. The second-order valence-corrected chi connectivity index (χ2v) is 5.77. The summed E-state index contributed by atoms with van der Waals surface area (Å²) < 4.78 is 0. The highest BCUT2D eigenvalue weighted by Crippen LogP contribution is 2.19. The molecule has 0 unspecified atom stereocenters. The van der Waals surface area contributed by atoms with E-state index in [4.69, 9.17) is 11.6 Å². The van der Waals surface area contributed by atoms with Crippen molar-refractivity contribution in [3.8, 4) is 0 Å².